The van der Waals surface area contributed by atoms with Gasteiger partial charge in [0.15, 0.2) is 0 Å². The molecule has 1 rings (SSSR count). The Morgan fingerprint density at radius 3 is 2.57 bits per heavy atom. The molecule has 0 aromatic carbocycles. The summed E-state index contributed by atoms with van der Waals surface area (Å²) >= 11 is 0. The predicted octanol–water partition coefficient (Wildman–Crippen LogP) is 2.84. The average Bonchev–Trinajstić information content (AvgIpc) is 2.45. The van der Waals surface area contributed by atoms with Crippen LogP contribution in [0, 0.1) is 5.92 Å². The van der Waals surface area contributed by atoms with E-state index in [2.05, 4.69) is 15.3 Å². The molecule has 130 valence electrons. The molecule has 0 saturated heterocycles. The summed E-state index contributed by atoms with van der Waals surface area (Å²) in [5, 5.41) is 6.51. The third-order valence-corrected chi connectivity index (χ3v) is 3.92. The molecule has 0 bridgehead atoms. The van der Waals surface area contributed by atoms with Gasteiger partial charge >= 0.3 is 6.09 Å². The van der Waals surface area contributed by atoms with E-state index in [1.165, 1.54) is 0 Å². The maximum atomic E-state index is 12.3. The van der Waals surface area contributed by atoms with Crippen LogP contribution >= 0.6 is 0 Å². The average molecular weight is 325 g/mol. The molecule has 3 atom stereocenters. The molecule has 0 spiro atoms. The zero-order chi connectivity index (χ0) is 17.6. The Balaban J connectivity index is 2.78. The van der Waals surface area contributed by atoms with Crippen LogP contribution in [0.15, 0.2) is 5.11 Å². The lowest BCUT2D eigenvalue weighted by Crippen LogP contribution is -2.50. The van der Waals surface area contributed by atoms with E-state index in [1.54, 1.807) is 32.7 Å². The lowest BCUT2D eigenvalue weighted by Gasteiger charge is -2.35. The number of hydrogen-bond acceptors (Lipinski definition) is 4. The number of hydrogen-bond donors (Lipinski definition) is 1. The SMILES string of the molecule is CCN(C)C(=O)[C@H]1CC[C@H](N=[N+]=[N-])[C@H](NC(=O)OC(C)(C)C)C1. The Bertz CT molecular complexity index is 482. The number of alkyl carbamates (subject to hydrolysis) is 1. The third kappa shape index (κ3) is 5.98. The molecule has 2 amide bonds. The largest absolute Gasteiger partial charge is 0.444 e. The highest BCUT2D eigenvalue weighted by atomic mass is 16.6. The highest BCUT2D eigenvalue weighted by molar-refractivity contribution is 5.79. The van der Waals surface area contributed by atoms with Gasteiger partial charge in [0, 0.05) is 30.5 Å². The minimum Gasteiger partial charge on any atom is -0.444 e. The molecule has 0 unspecified atom stereocenters. The molecule has 0 aromatic rings. The fourth-order valence-electron chi connectivity index (χ4n) is 2.66. The molecule has 23 heavy (non-hydrogen) atoms. The summed E-state index contributed by atoms with van der Waals surface area (Å²) in [6.07, 6.45) is 1.11. The number of ether oxygens (including phenoxy) is 1. The van der Waals surface area contributed by atoms with Crippen molar-refractivity contribution in [2.24, 2.45) is 11.0 Å². The zero-order valence-corrected chi connectivity index (χ0v) is 14.6. The van der Waals surface area contributed by atoms with Crippen molar-refractivity contribution in [2.75, 3.05) is 13.6 Å². The molecular weight excluding hydrogens is 298 g/mol. The minimum atomic E-state index is -0.607. The summed E-state index contributed by atoms with van der Waals surface area (Å²) in [5.74, 6) is -0.118. The van der Waals surface area contributed by atoms with E-state index in [0.717, 1.165) is 0 Å². The number of nitrogens with one attached hydrogen (secondary N) is 1. The van der Waals surface area contributed by atoms with Gasteiger partial charge in [-0.15, -0.1) is 0 Å². The van der Waals surface area contributed by atoms with E-state index in [0.29, 0.717) is 25.8 Å². The zero-order valence-electron chi connectivity index (χ0n) is 14.6. The van der Waals surface area contributed by atoms with Crippen molar-refractivity contribution in [1.82, 2.24) is 10.2 Å². The first-order valence-corrected chi connectivity index (χ1v) is 7.96. The van der Waals surface area contributed by atoms with Gasteiger partial charge in [-0.3, -0.25) is 4.79 Å². The van der Waals surface area contributed by atoms with Gasteiger partial charge < -0.3 is 15.0 Å². The number of amides is 2. The van der Waals surface area contributed by atoms with Crippen LogP contribution in [-0.2, 0) is 9.53 Å². The van der Waals surface area contributed by atoms with Crippen molar-refractivity contribution in [3.63, 3.8) is 0 Å². The monoisotopic (exact) mass is 325 g/mol. The van der Waals surface area contributed by atoms with Crippen LogP contribution in [0.2, 0.25) is 0 Å². The van der Waals surface area contributed by atoms with Gasteiger partial charge in [-0.2, -0.15) is 0 Å². The number of carbonyl (C=O) groups excluding carboxylic acids is 2. The Kier molecular flexibility index (Phi) is 6.69. The highest BCUT2D eigenvalue weighted by Crippen LogP contribution is 2.28. The van der Waals surface area contributed by atoms with Crippen LogP contribution in [0.25, 0.3) is 10.4 Å². The Hall–Kier alpha value is -1.95. The molecule has 0 heterocycles. The molecule has 8 heteroatoms. The van der Waals surface area contributed by atoms with Gasteiger partial charge in [-0.1, -0.05) is 5.11 Å². The van der Waals surface area contributed by atoms with Crippen LogP contribution in [0.5, 0.6) is 0 Å². The van der Waals surface area contributed by atoms with Crippen molar-refractivity contribution in [3.05, 3.63) is 10.4 Å². The van der Waals surface area contributed by atoms with Crippen molar-refractivity contribution in [1.29, 1.82) is 0 Å². The van der Waals surface area contributed by atoms with E-state index in [-0.39, 0.29) is 17.9 Å². The predicted molar refractivity (Wildman–Crippen MR) is 86.7 cm³/mol. The van der Waals surface area contributed by atoms with Crippen LogP contribution in [-0.4, -0.2) is 48.2 Å². The van der Waals surface area contributed by atoms with Crippen LogP contribution in [0.3, 0.4) is 0 Å². The normalized spacial score (nSPS) is 24.3. The smallest absolute Gasteiger partial charge is 0.407 e. The van der Waals surface area contributed by atoms with Gasteiger partial charge in [0.25, 0.3) is 0 Å². The third-order valence-electron chi connectivity index (χ3n) is 3.92. The molecule has 8 nitrogen and oxygen atoms in total. The van der Waals surface area contributed by atoms with Crippen LogP contribution < -0.4 is 5.32 Å². The van der Waals surface area contributed by atoms with E-state index in [1.807, 2.05) is 6.92 Å². The van der Waals surface area contributed by atoms with Gasteiger partial charge in [-0.25, -0.2) is 4.79 Å². The molecule has 0 aromatic heterocycles. The first kappa shape index (κ1) is 19.1. The lowest BCUT2D eigenvalue weighted by atomic mass is 9.82. The van der Waals surface area contributed by atoms with E-state index in [4.69, 9.17) is 10.3 Å². The van der Waals surface area contributed by atoms with E-state index >= 15 is 0 Å². The van der Waals surface area contributed by atoms with Gasteiger partial charge in [-0.05, 0) is 52.5 Å². The molecule has 0 aliphatic heterocycles. The molecule has 1 fully saturated rings. The Morgan fingerprint density at radius 2 is 2.04 bits per heavy atom. The number of rotatable bonds is 4. The topological polar surface area (TPSA) is 107 Å². The van der Waals surface area contributed by atoms with Crippen molar-refractivity contribution in [3.8, 4) is 0 Å². The maximum absolute atomic E-state index is 12.3. The second-order valence-electron chi connectivity index (χ2n) is 6.89. The fraction of sp³-hybridized carbons (Fsp3) is 0.867. The van der Waals surface area contributed by atoms with Crippen molar-refractivity contribution in [2.45, 2.75) is 64.6 Å². The summed E-state index contributed by atoms with van der Waals surface area (Å²) in [5.41, 5.74) is 8.09. The Morgan fingerprint density at radius 1 is 1.39 bits per heavy atom. The maximum Gasteiger partial charge on any atom is 0.407 e. The summed E-state index contributed by atoms with van der Waals surface area (Å²) < 4.78 is 5.25. The molecular formula is C15H27N5O3. The summed E-state index contributed by atoms with van der Waals surface area (Å²) in [6.45, 7) is 7.89. The van der Waals surface area contributed by atoms with Gasteiger partial charge in [0.05, 0.1) is 6.04 Å². The van der Waals surface area contributed by atoms with Crippen LogP contribution in [0.4, 0.5) is 4.79 Å². The molecule has 1 saturated carbocycles. The fourth-order valence-corrected chi connectivity index (χ4v) is 2.66. The lowest BCUT2D eigenvalue weighted by molar-refractivity contribution is -0.135. The quantitative estimate of drug-likeness (QED) is 0.487. The standard InChI is InChI=1S/C15H27N5O3/c1-6-20(5)13(21)10-7-8-11(18-19-16)12(9-10)17-14(22)23-15(2,3)4/h10-12H,6-9H2,1-5H3,(H,17,22)/t10-,11-,12+/m0/s1. The first-order valence-electron chi connectivity index (χ1n) is 7.96. The number of azide groups is 1. The summed E-state index contributed by atoms with van der Waals surface area (Å²) in [6, 6.07) is -0.753. The molecule has 1 N–H and O–H groups in total. The highest BCUT2D eigenvalue weighted by Gasteiger charge is 2.36. The second kappa shape index (κ2) is 8.06. The first-order chi connectivity index (χ1) is 10.7. The number of carbonyl (C=O) groups is 2. The van der Waals surface area contributed by atoms with Gasteiger partial charge in [0.2, 0.25) is 5.91 Å². The summed E-state index contributed by atoms with van der Waals surface area (Å²) in [4.78, 5) is 28.8. The summed E-state index contributed by atoms with van der Waals surface area (Å²) in [7, 11) is 1.76. The van der Waals surface area contributed by atoms with E-state index < -0.39 is 17.7 Å². The van der Waals surface area contributed by atoms with Gasteiger partial charge in [0.1, 0.15) is 5.60 Å². The minimum absolute atomic E-state index is 0.0582. The molecule has 1 aliphatic carbocycles. The van der Waals surface area contributed by atoms with E-state index in [9.17, 15) is 9.59 Å². The molecule has 1 aliphatic rings. The van der Waals surface area contributed by atoms with Crippen molar-refractivity contribution < 1.29 is 14.3 Å². The van der Waals surface area contributed by atoms with Crippen molar-refractivity contribution >= 4 is 12.0 Å². The number of nitrogens with zero attached hydrogens (tertiary/aromatic N) is 4. The van der Waals surface area contributed by atoms with Crippen LogP contribution in [0.1, 0.15) is 47.0 Å². The second-order valence-corrected chi connectivity index (χ2v) is 6.89. The molecule has 0 radical (unpaired) electrons. The Labute approximate surface area is 137 Å².